The van der Waals surface area contributed by atoms with E-state index < -0.39 is 0 Å². The lowest BCUT2D eigenvalue weighted by molar-refractivity contribution is 0.669. The van der Waals surface area contributed by atoms with Gasteiger partial charge in [-0.25, -0.2) is 15.0 Å². The molecule has 2 aromatic heterocycles. The van der Waals surface area contributed by atoms with Gasteiger partial charge in [0.05, 0.1) is 0 Å². The van der Waals surface area contributed by atoms with Crippen molar-refractivity contribution < 1.29 is 4.42 Å². The first-order valence-electron chi connectivity index (χ1n) is 17.1. The van der Waals surface area contributed by atoms with E-state index in [9.17, 15) is 0 Å². The molecule has 0 N–H and O–H groups in total. The molecule has 2 heterocycles. The highest BCUT2D eigenvalue weighted by molar-refractivity contribution is 6.10. The lowest BCUT2D eigenvalue weighted by atomic mass is 9.94. The third-order valence-electron chi connectivity index (χ3n) is 9.71. The summed E-state index contributed by atoms with van der Waals surface area (Å²) in [6.07, 6.45) is 0. The van der Waals surface area contributed by atoms with Crippen LogP contribution in [-0.2, 0) is 0 Å². The topological polar surface area (TPSA) is 51.8 Å². The third-order valence-corrected chi connectivity index (χ3v) is 9.71. The molecule has 0 amide bonds. The van der Waals surface area contributed by atoms with Crippen LogP contribution in [0.5, 0.6) is 0 Å². The second-order valence-electron chi connectivity index (χ2n) is 12.8. The number of benzene rings is 8. The predicted molar refractivity (Wildman–Crippen MR) is 209 cm³/mol. The molecule has 0 aliphatic heterocycles. The number of fused-ring (bicyclic) bond motifs is 5. The Morgan fingerprint density at radius 1 is 0.294 bits per heavy atom. The van der Waals surface area contributed by atoms with E-state index in [2.05, 4.69) is 152 Å². The van der Waals surface area contributed by atoms with Crippen molar-refractivity contribution in [2.24, 2.45) is 0 Å². The number of rotatable bonds is 5. The Morgan fingerprint density at radius 2 is 0.882 bits per heavy atom. The largest absolute Gasteiger partial charge is 0.456 e. The Hall–Kier alpha value is -6.91. The fourth-order valence-corrected chi connectivity index (χ4v) is 7.19. The first-order chi connectivity index (χ1) is 25.2. The number of para-hydroxylation sites is 1. The van der Waals surface area contributed by atoms with E-state index in [0.717, 1.165) is 71.3 Å². The summed E-state index contributed by atoms with van der Waals surface area (Å²) in [6, 6.07) is 61.1. The molecule has 0 radical (unpaired) electrons. The molecule has 10 aromatic rings. The highest BCUT2D eigenvalue weighted by atomic mass is 16.3. The summed E-state index contributed by atoms with van der Waals surface area (Å²) in [5, 5.41) is 6.63. The Bertz CT molecular complexity index is 2910. The zero-order valence-corrected chi connectivity index (χ0v) is 27.5. The summed E-state index contributed by atoms with van der Waals surface area (Å²) >= 11 is 0. The first kappa shape index (κ1) is 29.0. The predicted octanol–water partition coefficient (Wildman–Crippen LogP) is 12.4. The van der Waals surface area contributed by atoms with Gasteiger partial charge in [0.15, 0.2) is 17.5 Å². The van der Waals surface area contributed by atoms with Gasteiger partial charge in [0.25, 0.3) is 0 Å². The van der Waals surface area contributed by atoms with Crippen LogP contribution in [0.3, 0.4) is 0 Å². The second kappa shape index (κ2) is 11.9. The molecule has 0 aliphatic rings. The van der Waals surface area contributed by atoms with Crippen molar-refractivity contribution in [1.29, 1.82) is 0 Å². The molecule has 0 atom stereocenters. The summed E-state index contributed by atoms with van der Waals surface area (Å²) in [7, 11) is 0. The van der Waals surface area contributed by atoms with Crippen molar-refractivity contribution in [3.63, 3.8) is 0 Å². The van der Waals surface area contributed by atoms with Gasteiger partial charge in [-0.2, -0.15) is 0 Å². The van der Waals surface area contributed by atoms with E-state index >= 15 is 0 Å². The zero-order chi connectivity index (χ0) is 33.7. The fraction of sp³-hybridized carbons (Fsp3) is 0. The number of aromatic nitrogens is 3. The quantitative estimate of drug-likeness (QED) is 0.186. The Kier molecular flexibility index (Phi) is 6.78. The van der Waals surface area contributed by atoms with E-state index in [1.807, 2.05) is 24.3 Å². The monoisotopic (exact) mass is 651 g/mol. The van der Waals surface area contributed by atoms with Gasteiger partial charge in [0.2, 0.25) is 0 Å². The van der Waals surface area contributed by atoms with Crippen LogP contribution >= 0.6 is 0 Å². The minimum atomic E-state index is 0.621. The molecule has 0 fully saturated rings. The first-order valence-corrected chi connectivity index (χ1v) is 17.1. The number of hydrogen-bond donors (Lipinski definition) is 0. The Morgan fingerprint density at radius 3 is 1.67 bits per heavy atom. The number of hydrogen-bond acceptors (Lipinski definition) is 4. The molecule has 4 nitrogen and oxygen atoms in total. The van der Waals surface area contributed by atoms with Crippen LogP contribution in [0.25, 0.3) is 99.9 Å². The van der Waals surface area contributed by atoms with E-state index in [1.165, 1.54) is 11.1 Å². The average molecular weight is 652 g/mol. The third kappa shape index (κ3) is 5.13. The van der Waals surface area contributed by atoms with Gasteiger partial charge in [-0.1, -0.05) is 140 Å². The smallest absolute Gasteiger partial charge is 0.164 e. The summed E-state index contributed by atoms with van der Waals surface area (Å²) < 4.78 is 6.19. The van der Waals surface area contributed by atoms with Crippen molar-refractivity contribution in [3.8, 4) is 56.4 Å². The molecule has 4 heteroatoms. The van der Waals surface area contributed by atoms with Gasteiger partial charge in [0.1, 0.15) is 11.2 Å². The molecule has 51 heavy (non-hydrogen) atoms. The van der Waals surface area contributed by atoms with E-state index in [0.29, 0.717) is 17.5 Å². The molecular weight excluding hydrogens is 623 g/mol. The Balaban J connectivity index is 1.18. The maximum atomic E-state index is 6.19. The van der Waals surface area contributed by atoms with Crippen LogP contribution in [0.2, 0.25) is 0 Å². The summed E-state index contributed by atoms with van der Waals surface area (Å²) in [6.45, 7) is 0. The second-order valence-corrected chi connectivity index (χ2v) is 12.8. The molecule has 0 aliphatic carbocycles. The number of nitrogens with zero attached hydrogens (tertiary/aromatic N) is 3. The van der Waals surface area contributed by atoms with E-state index in [-0.39, 0.29) is 0 Å². The van der Waals surface area contributed by atoms with Gasteiger partial charge < -0.3 is 4.42 Å². The lowest BCUT2D eigenvalue weighted by Crippen LogP contribution is -2.01. The van der Waals surface area contributed by atoms with Crippen molar-refractivity contribution in [2.45, 2.75) is 0 Å². The van der Waals surface area contributed by atoms with Gasteiger partial charge in [-0.05, 0) is 80.2 Å². The maximum Gasteiger partial charge on any atom is 0.164 e. The van der Waals surface area contributed by atoms with Crippen LogP contribution < -0.4 is 0 Å². The van der Waals surface area contributed by atoms with Crippen LogP contribution in [0.15, 0.2) is 180 Å². The van der Waals surface area contributed by atoms with Crippen molar-refractivity contribution in [2.75, 3.05) is 0 Å². The Labute approximate surface area is 294 Å². The van der Waals surface area contributed by atoms with Crippen molar-refractivity contribution in [1.82, 2.24) is 15.0 Å². The van der Waals surface area contributed by atoms with E-state index in [1.54, 1.807) is 0 Å². The minimum Gasteiger partial charge on any atom is -0.456 e. The number of furan rings is 1. The molecule has 8 aromatic carbocycles. The van der Waals surface area contributed by atoms with Crippen LogP contribution in [-0.4, -0.2) is 15.0 Å². The summed E-state index contributed by atoms with van der Waals surface area (Å²) in [4.78, 5) is 15.5. The van der Waals surface area contributed by atoms with Gasteiger partial charge in [-0.3, -0.25) is 0 Å². The van der Waals surface area contributed by atoms with Crippen molar-refractivity contribution >= 4 is 43.5 Å². The van der Waals surface area contributed by atoms with E-state index in [4.69, 9.17) is 19.4 Å². The standard InChI is InChI=1S/C47H29N3O/c1-3-12-30(13-4-1)32-16-11-17-34(26-32)45-48-46(35-23-22-33-29-44-42(28-36(33)27-35)40-20-9-10-21-43(40)51-44)50-47(49-45)41-25-24-37(31-14-5-2-6-15-31)38-18-7-8-19-39(38)41/h1-29H. The maximum absolute atomic E-state index is 6.19. The molecule has 0 bridgehead atoms. The van der Waals surface area contributed by atoms with Gasteiger partial charge in [0, 0.05) is 27.5 Å². The zero-order valence-electron chi connectivity index (χ0n) is 27.5. The van der Waals surface area contributed by atoms with Crippen LogP contribution in [0, 0.1) is 0 Å². The van der Waals surface area contributed by atoms with Crippen molar-refractivity contribution in [3.05, 3.63) is 176 Å². The SMILES string of the molecule is c1ccc(-c2cccc(-c3nc(-c4ccc5cc6oc7ccccc7c6cc5c4)nc(-c4ccc(-c5ccccc5)c5ccccc45)n3)c2)cc1. The normalized spacial score (nSPS) is 11.5. The van der Waals surface area contributed by atoms with Crippen LogP contribution in [0.4, 0.5) is 0 Å². The van der Waals surface area contributed by atoms with Gasteiger partial charge in [-0.15, -0.1) is 0 Å². The minimum absolute atomic E-state index is 0.621. The molecule has 0 spiro atoms. The molecule has 0 saturated heterocycles. The summed E-state index contributed by atoms with van der Waals surface area (Å²) in [5.74, 6) is 1.88. The highest BCUT2D eigenvalue weighted by Gasteiger charge is 2.17. The molecular formula is C47H29N3O. The molecule has 10 rings (SSSR count). The van der Waals surface area contributed by atoms with Gasteiger partial charge >= 0.3 is 0 Å². The molecule has 238 valence electrons. The average Bonchev–Trinajstić information content (AvgIpc) is 3.57. The molecule has 0 unspecified atom stereocenters. The lowest BCUT2D eigenvalue weighted by Gasteiger charge is -2.13. The summed E-state index contributed by atoms with van der Waals surface area (Å²) in [5.41, 5.74) is 9.17. The van der Waals surface area contributed by atoms with Crippen LogP contribution in [0.1, 0.15) is 0 Å². The fourth-order valence-electron chi connectivity index (χ4n) is 7.19. The highest BCUT2D eigenvalue weighted by Crippen LogP contribution is 2.37. The molecule has 0 saturated carbocycles.